The average Bonchev–Trinajstić information content (AvgIpc) is 2.84. The van der Waals surface area contributed by atoms with E-state index in [4.69, 9.17) is 5.73 Å². The van der Waals surface area contributed by atoms with E-state index >= 15 is 0 Å². The lowest BCUT2D eigenvalue weighted by Gasteiger charge is -2.10. The summed E-state index contributed by atoms with van der Waals surface area (Å²) in [6, 6.07) is 12.9. The Bertz CT molecular complexity index is 751. The molecule has 4 heteroatoms. The Balaban J connectivity index is 1.89. The highest BCUT2D eigenvalue weighted by Gasteiger charge is 2.13. The Morgan fingerprint density at radius 2 is 1.85 bits per heavy atom. The summed E-state index contributed by atoms with van der Waals surface area (Å²) in [4.78, 5) is 0.939. The van der Waals surface area contributed by atoms with Crippen LogP contribution in [0, 0.1) is 11.6 Å². The molecule has 0 amide bonds. The molecule has 1 nitrogen and oxygen atoms in total. The molecule has 0 aliphatic rings. The van der Waals surface area contributed by atoms with E-state index in [1.165, 1.54) is 29.5 Å². The van der Waals surface area contributed by atoms with Gasteiger partial charge in [-0.3, -0.25) is 0 Å². The maximum absolute atomic E-state index is 13.6. The first-order valence-corrected chi connectivity index (χ1v) is 7.13. The molecule has 0 spiro atoms. The molecular formula is C16H13F2NS. The summed E-state index contributed by atoms with van der Waals surface area (Å²) in [5, 5.41) is 0.842. The molecule has 0 bridgehead atoms. The first kappa shape index (κ1) is 13.2. The quantitative estimate of drug-likeness (QED) is 0.758. The SMILES string of the molecule is NC(Cc1ccccc1F)c1cc2cc(F)ccc2s1. The molecule has 0 saturated heterocycles. The molecule has 0 fully saturated rings. The number of thiophene rings is 1. The molecule has 0 aliphatic heterocycles. The largest absolute Gasteiger partial charge is 0.323 e. The fourth-order valence-electron chi connectivity index (χ4n) is 2.22. The number of rotatable bonds is 3. The number of hydrogen-bond acceptors (Lipinski definition) is 2. The molecule has 1 atom stereocenters. The van der Waals surface area contributed by atoms with Gasteiger partial charge in [0, 0.05) is 15.6 Å². The van der Waals surface area contributed by atoms with Gasteiger partial charge in [0.2, 0.25) is 0 Å². The zero-order chi connectivity index (χ0) is 14.1. The van der Waals surface area contributed by atoms with Crippen molar-refractivity contribution in [2.24, 2.45) is 5.73 Å². The van der Waals surface area contributed by atoms with Crippen molar-refractivity contribution in [3.63, 3.8) is 0 Å². The van der Waals surface area contributed by atoms with Gasteiger partial charge >= 0.3 is 0 Å². The molecule has 2 aromatic carbocycles. The van der Waals surface area contributed by atoms with Crippen LogP contribution in [0.2, 0.25) is 0 Å². The van der Waals surface area contributed by atoms with Crippen LogP contribution in [0.3, 0.4) is 0 Å². The second-order valence-corrected chi connectivity index (χ2v) is 5.85. The lowest BCUT2D eigenvalue weighted by Crippen LogP contribution is -2.12. The molecule has 102 valence electrons. The summed E-state index contributed by atoms with van der Waals surface area (Å²) in [6.07, 6.45) is 0.433. The van der Waals surface area contributed by atoms with Crippen molar-refractivity contribution in [3.8, 4) is 0 Å². The third kappa shape index (κ3) is 2.57. The first-order valence-electron chi connectivity index (χ1n) is 6.31. The molecule has 0 aliphatic carbocycles. The summed E-state index contributed by atoms with van der Waals surface area (Å²) in [5.74, 6) is -0.500. The van der Waals surface area contributed by atoms with E-state index in [2.05, 4.69) is 0 Å². The van der Waals surface area contributed by atoms with Gasteiger partial charge in [-0.15, -0.1) is 11.3 Å². The van der Waals surface area contributed by atoms with Crippen molar-refractivity contribution >= 4 is 21.4 Å². The van der Waals surface area contributed by atoms with E-state index in [-0.39, 0.29) is 17.7 Å². The van der Waals surface area contributed by atoms with Gasteiger partial charge < -0.3 is 5.73 Å². The molecule has 2 N–H and O–H groups in total. The zero-order valence-corrected chi connectivity index (χ0v) is 11.5. The van der Waals surface area contributed by atoms with Crippen molar-refractivity contribution in [1.82, 2.24) is 0 Å². The standard InChI is InChI=1S/C16H13F2NS/c17-12-5-6-15-11(7-12)9-16(20-15)14(19)8-10-3-1-2-4-13(10)18/h1-7,9,14H,8,19H2. The molecule has 1 aromatic heterocycles. The molecule has 1 heterocycles. The lowest BCUT2D eigenvalue weighted by molar-refractivity contribution is 0.595. The number of fused-ring (bicyclic) bond motifs is 1. The minimum Gasteiger partial charge on any atom is -0.323 e. The van der Waals surface area contributed by atoms with Crippen molar-refractivity contribution in [3.05, 3.63) is 70.6 Å². The number of hydrogen-bond donors (Lipinski definition) is 1. The molecule has 0 radical (unpaired) electrons. The van der Waals surface area contributed by atoms with Crippen LogP contribution in [0.5, 0.6) is 0 Å². The van der Waals surface area contributed by atoms with Gasteiger partial charge in [0.05, 0.1) is 0 Å². The van der Waals surface area contributed by atoms with Crippen LogP contribution in [0.4, 0.5) is 8.78 Å². The molecule has 20 heavy (non-hydrogen) atoms. The second-order valence-electron chi connectivity index (χ2n) is 4.73. The number of nitrogens with two attached hydrogens (primary N) is 1. The summed E-state index contributed by atoms with van der Waals surface area (Å²) >= 11 is 1.53. The van der Waals surface area contributed by atoms with Crippen LogP contribution in [0.1, 0.15) is 16.5 Å². The number of halogens is 2. The van der Waals surface area contributed by atoms with E-state index in [1.807, 2.05) is 6.07 Å². The van der Waals surface area contributed by atoms with Crippen LogP contribution in [0.15, 0.2) is 48.5 Å². The Labute approximate surface area is 119 Å². The van der Waals surface area contributed by atoms with E-state index in [0.717, 1.165) is 15.0 Å². The highest BCUT2D eigenvalue weighted by Crippen LogP contribution is 2.31. The topological polar surface area (TPSA) is 26.0 Å². The fraction of sp³-hybridized carbons (Fsp3) is 0.125. The Morgan fingerprint density at radius 3 is 2.65 bits per heavy atom. The van der Waals surface area contributed by atoms with Crippen molar-refractivity contribution < 1.29 is 8.78 Å². The second kappa shape index (κ2) is 5.31. The predicted octanol–water partition coefficient (Wildman–Crippen LogP) is 4.42. The van der Waals surface area contributed by atoms with E-state index in [1.54, 1.807) is 24.3 Å². The van der Waals surface area contributed by atoms with Crippen molar-refractivity contribution in [1.29, 1.82) is 0 Å². The summed E-state index contributed by atoms with van der Waals surface area (Å²) in [5.41, 5.74) is 6.75. The van der Waals surface area contributed by atoms with Gasteiger partial charge in [-0.25, -0.2) is 8.78 Å². The van der Waals surface area contributed by atoms with Crippen LogP contribution in [0.25, 0.3) is 10.1 Å². The number of benzene rings is 2. The first-order chi connectivity index (χ1) is 9.63. The summed E-state index contributed by atoms with van der Waals surface area (Å²) in [6.45, 7) is 0. The monoisotopic (exact) mass is 289 g/mol. The summed E-state index contributed by atoms with van der Waals surface area (Å²) < 4.78 is 27.8. The normalized spacial score (nSPS) is 12.8. The van der Waals surface area contributed by atoms with E-state index < -0.39 is 0 Å². The average molecular weight is 289 g/mol. The van der Waals surface area contributed by atoms with Gasteiger partial charge in [-0.2, -0.15) is 0 Å². The van der Waals surface area contributed by atoms with Crippen LogP contribution < -0.4 is 5.73 Å². The highest BCUT2D eigenvalue weighted by atomic mass is 32.1. The van der Waals surface area contributed by atoms with Crippen LogP contribution in [-0.4, -0.2) is 0 Å². The molecular weight excluding hydrogens is 276 g/mol. The van der Waals surface area contributed by atoms with Gasteiger partial charge in [0.25, 0.3) is 0 Å². The molecule has 0 saturated carbocycles. The van der Waals surface area contributed by atoms with Crippen LogP contribution in [-0.2, 0) is 6.42 Å². The Hall–Kier alpha value is -1.78. The third-order valence-corrected chi connectivity index (χ3v) is 4.51. The summed E-state index contributed by atoms with van der Waals surface area (Å²) in [7, 11) is 0. The fourth-order valence-corrected chi connectivity index (χ4v) is 3.27. The molecule has 3 aromatic rings. The van der Waals surface area contributed by atoms with Gasteiger partial charge in [-0.05, 0) is 47.7 Å². The maximum atomic E-state index is 13.6. The van der Waals surface area contributed by atoms with E-state index in [9.17, 15) is 8.78 Å². The molecule has 3 rings (SSSR count). The predicted molar refractivity (Wildman–Crippen MR) is 78.8 cm³/mol. The van der Waals surface area contributed by atoms with Crippen molar-refractivity contribution in [2.45, 2.75) is 12.5 Å². The molecule has 1 unspecified atom stereocenters. The minimum atomic E-state index is -0.285. The van der Waals surface area contributed by atoms with Gasteiger partial charge in [-0.1, -0.05) is 18.2 Å². The minimum absolute atomic E-state index is 0.241. The van der Waals surface area contributed by atoms with Gasteiger partial charge in [0.1, 0.15) is 11.6 Å². The maximum Gasteiger partial charge on any atom is 0.126 e. The van der Waals surface area contributed by atoms with Crippen LogP contribution >= 0.6 is 11.3 Å². The van der Waals surface area contributed by atoms with Gasteiger partial charge in [0.15, 0.2) is 0 Å². The Kier molecular flexibility index (Phi) is 3.51. The third-order valence-electron chi connectivity index (χ3n) is 3.26. The van der Waals surface area contributed by atoms with Crippen molar-refractivity contribution in [2.75, 3.05) is 0 Å². The highest BCUT2D eigenvalue weighted by molar-refractivity contribution is 7.19. The lowest BCUT2D eigenvalue weighted by atomic mass is 10.0. The smallest absolute Gasteiger partial charge is 0.126 e. The Morgan fingerprint density at radius 1 is 1.05 bits per heavy atom. The van der Waals surface area contributed by atoms with E-state index in [0.29, 0.717) is 12.0 Å². The zero-order valence-electron chi connectivity index (χ0n) is 10.6.